The van der Waals surface area contributed by atoms with E-state index in [0.717, 1.165) is 0 Å². The van der Waals surface area contributed by atoms with Crippen LogP contribution in [0.15, 0.2) is 0 Å². The predicted molar refractivity (Wildman–Crippen MR) is 38.1 cm³/mol. The Kier molecular flexibility index (Phi) is 5.45. The zero-order valence-corrected chi connectivity index (χ0v) is 7.19. The minimum absolute atomic E-state index is 0.203. The quantitative estimate of drug-likeness (QED) is 0.631. The fourth-order valence-electron chi connectivity index (χ4n) is 0.508. The van der Waals surface area contributed by atoms with E-state index in [9.17, 15) is 18.0 Å². The minimum atomic E-state index is -4.40. The number of carbonyl (C=O) groups excluding carboxylic acids is 1. The Bertz CT molecular complexity index is 156. The molecule has 0 saturated heterocycles. The lowest BCUT2D eigenvalue weighted by molar-refractivity contribution is -0.181. The average Bonchev–Trinajstić information content (AvgIpc) is 1.98. The van der Waals surface area contributed by atoms with Gasteiger partial charge in [-0.15, -0.1) is 0 Å². The van der Waals surface area contributed by atoms with Crippen molar-refractivity contribution in [3.8, 4) is 0 Å². The number of ether oxygens (including phenoxy) is 2. The van der Waals surface area contributed by atoms with Crippen LogP contribution in [0.5, 0.6) is 0 Å². The third kappa shape index (κ3) is 9.13. The molecule has 0 saturated carbocycles. The summed E-state index contributed by atoms with van der Waals surface area (Å²) < 4.78 is 43.0. The van der Waals surface area contributed by atoms with Crippen LogP contribution in [0.4, 0.5) is 13.2 Å². The average molecular weight is 200 g/mol. The monoisotopic (exact) mass is 200 g/mol. The maximum atomic E-state index is 11.5. The second-order valence-electron chi connectivity index (χ2n) is 2.33. The molecule has 78 valence electrons. The molecule has 0 aliphatic carbocycles. The highest BCUT2D eigenvalue weighted by atomic mass is 19.4. The summed E-state index contributed by atoms with van der Waals surface area (Å²) in [5.74, 6) is -0.772. The van der Waals surface area contributed by atoms with E-state index in [-0.39, 0.29) is 6.61 Å². The maximum Gasteiger partial charge on any atom is 0.411 e. The highest BCUT2D eigenvalue weighted by Crippen LogP contribution is 2.14. The van der Waals surface area contributed by atoms with Gasteiger partial charge in [0.1, 0.15) is 13.2 Å². The summed E-state index contributed by atoms with van der Waals surface area (Å²) in [6.45, 7) is -0.0915. The Hall–Kier alpha value is -0.780. The normalized spacial score (nSPS) is 11.4. The SMILES string of the molecule is CCCOC(=O)COCC(F)(F)F. The molecule has 0 spiro atoms. The van der Waals surface area contributed by atoms with Gasteiger partial charge in [-0.1, -0.05) is 6.92 Å². The molecule has 0 bridgehead atoms. The molecule has 0 fully saturated rings. The van der Waals surface area contributed by atoms with Crippen LogP contribution >= 0.6 is 0 Å². The van der Waals surface area contributed by atoms with E-state index < -0.39 is 25.4 Å². The van der Waals surface area contributed by atoms with E-state index in [1.165, 1.54) is 0 Å². The van der Waals surface area contributed by atoms with E-state index in [0.29, 0.717) is 6.42 Å². The number of hydrogen-bond donors (Lipinski definition) is 0. The molecule has 0 aromatic carbocycles. The van der Waals surface area contributed by atoms with Crippen LogP contribution in [0, 0.1) is 0 Å². The van der Waals surface area contributed by atoms with Crippen molar-refractivity contribution < 1.29 is 27.4 Å². The summed E-state index contributed by atoms with van der Waals surface area (Å²) in [4.78, 5) is 10.6. The molecule has 0 atom stereocenters. The Morgan fingerprint density at radius 2 is 2.00 bits per heavy atom. The first-order valence-corrected chi connectivity index (χ1v) is 3.76. The van der Waals surface area contributed by atoms with Crippen molar-refractivity contribution >= 4 is 5.97 Å². The Balaban J connectivity index is 3.37. The third-order valence-corrected chi connectivity index (χ3v) is 0.953. The first kappa shape index (κ1) is 12.2. The Morgan fingerprint density at radius 3 is 2.46 bits per heavy atom. The number of halogens is 3. The van der Waals surface area contributed by atoms with Crippen molar-refractivity contribution in [1.29, 1.82) is 0 Å². The third-order valence-electron chi connectivity index (χ3n) is 0.953. The molecule has 0 amide bonds. The highest BCUT2D eigenvalue weighted by Gasteiger charge is 2.27. The zero-order valence-electron chi connectivity index (χ0n) is 7.19. The molecule has 0 radical (unpaired) electrons. The maximum absolute atomic E-state index is 11.5. The standard InChI is InChI=1S/C7H11F3O3/c1-2-3-13-6(11)4-12-5-7(8,9)10/h2-5H2,1H3. The smallest absolute Gasteiger partial charge is 0.411 e. The molecule has 0 aromatic heterocycles. The minimum Gasteiger partial charge on any atom is -0.464 e. The molecule has 13 heavy (non-hydrogen) atoms. The lowest BCUT2D eigenvalue weighted by Gasteiger charge is -2.06. The highest BCUT2D eigenvalue weighted by molar-refractivity contribution is 5.70. The molecular formula is C7H11F3O3. The molecule has 0 N–H and O–H groups in total. The van der Waals surface area contributed by atoms with Crippen molar-refractivity contribution in [2.75, 3.05) is 19.8 Å². The predicted octanol–water partition coefficient (Wildman–Crippen LogP) is 1.52. The lowest BCUT2D eigenvalue weighted by atomic mass is 10.5. The van der Waals surface area contributed by atoms with Gasteiger partial charge in [0.15, 0.2) is 0 Å². The summed E-state index contributed by atoms with van der Waals surface area (Å²) >= 11 is 0. The van der Waals surface area contributed by atoms with Crippen LogP contribution in [-0.4, -0.2) is 32.0 Å². The van der Waals surface area contributed by atoms with E-state index in [4.69, 9.17) is 0 Å². The van der Waals surface area contributed by atoms with Gasteiger partial charge in [0.05, 0.1) is 6.61 Å². The molecule has 0 unspecified atom stereocenters. The lowest BCUT2D eigenvalue weighted by Crippen LogP contribution is -2.21. The topological polar surface area (TPSA) is 35.5 Å². The fourth-order valence-corrected chi connectivity index (χ4v) is 0.508. The second-order valence-corrected chi connectivity index (χ2v) is 2.33. The Labute approximate surface area is 73.8 Å². The van der Waals surface area contributed by atoms with E-state index in [2.05, 4.69) is 9.47 Å². The molecular weight excluding hydrogens is 189 g/mol. The van der Waals surface area contributed by atoms with Gasteiger partial charge in [-0.3, -0.25) is 0 Å². The van der Waals surface area contributed by atoms with Crippen molar-refractivity contribution in [1.82, 2.24) is 0 Å². The summed E-state index contributed by atoms with van der Waals surface area (Å²) in [6, 6.07) is 0. The van der Waals surface area contributed by atoms with Gasteiger partial charge in [-0.2, -0.15) is 13.2 Å². The van der Waals surface area contributed by atoms with E-state index in [1.807, 2.05) is 0 Å². The molecule has 0 heterocycles. The van der Waals surface area contributed by atoms with Gasteiger partial charge in [-0.05, 0) is 6.42 Å². The summed E-state index contributed by atoms with van der Waals surface area (Å²) in [5.41, 5.74) is 0. The van der Waals surface area contributed by atoms with Gasteiger partial charge in [0.25, 0.3) is 0 Å². The fraction of sp³-hybridized carbons (Fsp3) is 0.857. The molecule has 3 nitrogen and oxygen atoms in total. The van der Waals surface area contributed by atoms with Crippen LogP contribution in [-0.2, 0) is 14.3 Å². The number of esters is 1. The molecule has 0 aliphatic heterocycles. The number of carbonyl (C=O) groups is 1. The number of alkyl halides is 3. The first-order chi connectivity index (χ1) is 5.95. The van der Waals surface area contributed by atoms with Gasteiger partial charge >= 0.3 is 12.1 Å². The van der Waals surface area contributed by atoms with Crippen LogP contribution in [0.3, 0.4) is 0 Å². The van der Waals surface area contributed by atoms with E-state index >= 15 is 0 Å². The Morgan fingerprint density at radius 1 is 1.38 bits per heavy atom. The summed E-state index contributed by atoms with van der Waals surface area (Å²) in [6.07, 6.45) is -3.77. The summed E-state index contributed by atoms with van der Waals surface area (Å²) in [7, 11) is 0. The second kappa shape index (κ2) is 5.80. The molecule has 6 heteroatoms. The van der Waals surface area contributed by atoms with Gasteiger partial charge in [-0.25, -0.2) is 4.79 Å². The van der Waals surface area contributed by atoms with E-state index in [1.54, 1.807) is 6.92 Å². The van der Waals surface area contributed by atoms with Crippen molar-refractivity contribution in [3.05, 3.63) is 0 Å². The first-order valence-electron chi connectivity index (χ1n) is 3.76. The summed E-state index contributed by atoms with van der Waals surface area (Å²) in [5, 5.41) is 0. The molecule has 0 aromatic rings. The number of hydrogen-bond acceptors (Lipinski definition) is 3. The van der Waals surface area contributed by atoms with Crippen LogP contribution in [0.25, 0.3) is 0 Å². The van der Waals surface area contributed by atoms with Crippen molar-refractivity contribution in [2.45, 2.75) is 19.5 Å². The zero-order chi connectivity index (χ0) is 10.3. The van der Waals surface area contributed by atoms with Crippen molar-refractivity contribution in [3.63, 3.8) is 0 Å². The van der Waals surface area contributed by atoms with Gasteiger partial charge in [0, 0.05) is 0 Å². The van der Waals surface area contributed by atoms with Crippen molar-refractivity contribution in [2.24, 2.45) is 0 Å². The van der Waals surface area contributed by atoms with Gasteiger partial charge < -0.3 is 9.47 Å². The van der Waals surface area contributed by atoms with Gasteiger partial charge in [0.2, 0.25) is 0 Å². The largest absolute Gasteiger partial charge is 0.464 e. The van der Waals surface area contributed by atoms with Crippen LogP contribution < -0.4 is 0 Å². The molecule has 0 aliphatic rings. The van der Waals surface area contributed by atoms with Crippen LogP contribution in [0.1, 0.15) is 13.3 Å². The molecule has 0 rings (SSSR count). The number of rotatable bonds is 5. The van der Waals surface area contributed by atoms with Crippen LogP contribution in [0.2, 0.25) is 0 Å².